The van der Waals surface area contributed by atoms with Crippen LogP contribution in [0.15, 0.2) is 18.2 Å². The van der Waals surface area contributed by atoms with Gasteiger partial charge in [0, 0.05) is 18.5 Å². The van der Waals surface area contributed by atoms with E-state index in [1.807, 2.05) is 18.2 Å². The Bertz CT molecular complexity index is 514. The molecule has 17 heavy (non-hydrogen) atoms. The minimum atomic E-state index is 0.516. The van der Waals surface area contributed by atoms with Crippen LogP contribution in [0.2, 0.25) is 0 Å². The van der Waals surface area contributed by atoms with Gasteiger partial charge in [0.1, 0.15) is 11.6 Å². The summed E-state index contributed by atoms with van der Waals surface area (Å²) in [6, 6.07) is 5.96. The molecular weight excluding hydrogens is 214 g/mol. The monoisotopic (exact) mass is 231 g/mol. The van der Waals surface area contributed by atoms with E-state index in [4.69, 9.17) is 4.74 Å². The second-order valence-electron chi connectivity index (χ2n) is 4.55. The molecule has 0 spiro atoms. The number of aromatic amines is 1. The Labute approximate surface area is 100 Å². The number of hydrogen-bond acceptors (Lipinski definition) is 3. The van der Waals surface area contributed by atoms with Crippen LogP contribution in [0.25, 0.3) is 11.0 Å². The fraction of sp³-hybridized carbons (Fsp3) is 0.462. The van der Waals surface area contributed by atoms with Gasteiger partial charge in [0.25, 0.3) is 0 Å². The first kappa shape index (κ1) is 10.6. The molecule has 0 radical (unpaired) electrons. The number of hydrogen-bond donors (Lipinski definition) is 2. The predicted molar refractivity (Wildman–Crippen MR) is 67.5 cm³/mol. The number of methoxy groups -OCH3 is 1. The van der Waals surface area contributed by atoms with E-state index >= 15 is 0 Å². The van der Waals surface area contributed by atoms with Crippen molar-refractivity contribution in [3.8, 4) is 5.75 Å². The van der Waals surface area contributed by atoms with Crippen LogP contribution in [0.4, 0.5) is 0 Å². The maximum absolute atomic E-state index is 5.22. The van der Waals surface area contributed by atoms with Gasteiger partial charge in [-0.2, -0.15) is 0 Å². The van der Waals surface area contributed by atoms with Gasteiger partial charge in [0.15, 0.2) is 0 Å². The normalized spacial score (nSPS) is 20.6. The fourth-order valence-corrected chi connectivity index (χ4v) is 2.41. The molecule has 0 amide bonds. The zero-order valence-electron chi connectivity index (χ0n) is 9.99. The summed E-state index contributed by atoms with van der Waals surface area (Å²) >= 11 is 0. The molecular formula is C13H17N3O. The first-order chi connectivity index (χ1) is 8.36. The molecule has 1 aromatic carbocycles. The van der Waals surface area contributed by atoms with E-state index in [1.165, 1.54) is 12.8 Å². The maximum Gasteiger partial charge on any atom is 0.121 e. The number of ether oxygens (including phenoxy) is 1. The highest BCUT2D eigenvalue weighted by atomic mass is 16.5. The molecule has 1 aliphatic heterocycles. The molecule has 2 heterocycles. The van der Waals surface area contributed by atoms with Gasteiger partial charge in [0.05, 0.1) is 18.1 Å². The zero-order valence-corrected chi connectivity index (χ0v) is 9.99. The fourth-order valence-electron chi connectivity index (χ4n) is 2.41. The molecule has 0 saturated carbocycles. The number of fused-ring (bicyclic) bond motifs is 1. The van der Waals surface area contributed by atoms with Crippen LogP contribution in [-0.2, 0) is 0 Å². The first-order valence-corrected chi connectivity index (χ1v) is 6.11. The molecule has 1 aromatic heterocycles. The Morgan fingerprint density at radius 1 is 1.41 bits per heavy atom. The number of piperidine rings is 1. The average Bonchev–Trinajstić information content (AvgIpc) is 2.82. The summed E-state index contributed by atoms with van der Waals surface area (Å²) in [5.74, 6) is 2.48. The lowest BCUT2D eigenvalue weighted by Crippen LogP contribution is -2.28. The van der Waals surface area contributed by atoms with Gasteiger partial charge in [-0.1, -0.05) is 0 Å². The summed E-state index contributed by atoms with van der Waals surface area (Å²) in [7, 11) is 1.68. The maximum atomic E-state index is 5.22. The zero-order chi connectivity index (χ0) is 11.7. The summed E-state index contributed by atoms with van der Waals surface area (Å²) in [5.41, 5.74) is 2.08. The number of H-pyrrole nitrogens is 1. The Balaban J connectivity index is 1.95. The quantitative estimate of drug-likeness (QED) is 0.831. The largest absolute Gasteiger partial charge is 0.497 e. The van der Waals surface area contributed by atoms with Crippen LogP contribution >= 0.6 is 0 Å². The van der Waals surface area contributed by atoms with Crippen molar-refractivity contribution < 1.29 is 4.74 Å². The van der Waals surface area contributed by atoms with Crippen LogP contribution in [0.5, 0.6) is 5.75 Å². The van der Waals surface area contributed by atoms with E-state index in [-0.39, 0.29) is 0 Å². The topological polar surface area (TPSA) is 49.9 Å². The van der Waals surface area contributed by atoms with Crippen molar-refractivity contribution in [2.24, 2.45) is 0 Å². The molecule has 2 N–H and O–H groups in total. The molecule has 90 valence electrons. The molecule has 4 nitrogen and oxygen atoms in total. The third-order valence-electron chi connectivity index (χ3n) is 3.39. The van der Waals surface area contributed by atoms with E-state index in [2.05, 4.69) is 15.3 Å². The molecule has 1 saturated heterocycles. The smallest absolute Gasteiger partial charge is 0.121 e. The van der Waals surface area contributed by atoms with E-state index in [1.54, 1.807) is 7.11 Å². The van der Waals surface area contributed by atoms with E-state index in [9.17, 15) is 0 Å². The number of nitrogens with one attached hydrogen (secondary N) is 2. The molecule has 4 heteroatoms. The van der Waals surface area contributed by atoms with Crippen molar-refractivity contribution in [2.75, 3.05) is 20.2 Å². The van der Waals surface area contributed by atoms with Crippen molar-refractivity contribution in [1.29, 1.82) is 0 Å². The molecule has 3 rings (SSSR count). The van der Waals surface area contributed by atoms with Gasteiger partial charge in [-0.3, -0.25) is 0 Å². The SMILES string of the molecule is COc1ccc2nc([C@H]3CCCNC3)[nH]c2c1. The van der Waals surface area contributed by atoms with Crippen molar-refractivity contribution in [2.45, 2.75) is 18.8 Å². The highest BCUT2D eigenvalue weighted by molar-refractivity contribution is 5.76. The third-order valence-corrected chi connectivity index (χ3v) is 3.39. The van der Waals surface area contributed by atoms with Crippen LogP contribution in [0.1, 0.15) is 24.6 Å². The van der Waals surface area contributed by atoms with Gasteiger partial charge in [0.2, 0.25) is 0 Å². The third kappa shape index (κ3) is 2.00. The Hall–Kier alpha value is -1.55. The number of benzene rings is 1. The van der Waals surface area contributed by atoms with Crippen LogP contribution in [0.3, 0.4) is 0 Å². The summed E-state index contributed by atoms with van der Waals surface area (Å²) < 4.78 is 5.22. The summed E-state index contributed by atoms with van der Waals surface area (Å²) in [4.78, 5) is 8.07. The lowest BCUT2D eigenvalue weighted by molar-refractivity contribution is 0.415. The molecule has 0 aliphatic carbocycles. The van der Waals surface area contributed by atoms with Crippen molar-refractivity contribution in [3.63, 3.8) is 0 Å². The van der Waals surface area contributed by atoms with Gasteiger partial charge >= 0.3 is 0 Å². The first-order valence-electron chi connectivity index (χ1n) is 6.11. The van der Waals surface area contributed by atoms with Crippen LogP contribution in [-0.4, -0.2) is 30.2 Å². The number of nitrogens with zero attached hydrogens (tertiary/aromatic N) is 1. The lowest BCUT2D eigenvalue weighted by Gasteiger charge is -2.20. The summed E-state index contributed by atoms with van der Waals surface area (Å²) in [5, 5.41) is 3.42. The minimum absolute atomic E-state index is 0.516. The van der Waals surface area contributed by atoms with Crippen molar-refractivity contribution >= 4 is 11.0 Å². The van der Waals surface area contributed by atoms with Gasteiger partial charge in [-0.05, 0) is 31.5 Å². The number of aromatic nitrogens is 2. The molecule has 0 bridgehead atoms. The number of imidazole rings is 1. The summed E-state index contributed by atoms with van der Waals surface area (Å²) in [6.45, 7) is 2.15. The summed E-state index contributed by atoms with van der Waals surface area (Å²) in [6.07, 6.45) is 2.44. The van der Waals surface area contributed by atoms with Crippen molar-refractivity contribution in [1.82, 2.24) is 15.3 Å². The van der Waals surface area contributed by atoms with Crippen LogP contribution in [0, 0.1) is 0 Å². The van der Waals surface area contributed by atoms with Crippen molar-refractivity contribution in [3.05, 3.63) is 24.0 Å². The van der Waals surface area contributed by atoms with Gasteiger partial charge in [-0.25, -0.2) is 4.98 Å². The van der Waals surface area contributed by atoms with Crippen LogP contribution < -0.4 is 10.1 Å². The minimum Gasteiger partial charge on any atom is -0.497 e. The number of rotatable bonds is 2. The predicted octanol–water partition coefficient (Wildman–Crippen LogP) is 2.04. The highest BCUT2D eigenvalue weighted by Gasteiger charge is 2.18. The molecule has 1 aliphatic rings. The highest BCUT2D eigenvalue weighted by Crippen LogP contribution is 2.25. The Morgan fingerprint density at radius 3 is 3.12 bits per heavy atom. The molecule has 0 unspecified atom stereocenters. The Kier molecular flexibility index (Phi) is 2.73. The van der Waals surface area contributed by atoms with Gasteiger partial charge in [-0.15, -0.1) is 0 Å². The lowest BCUT2D eigenvalue weighted by atomic mass is 9.99. The van der Waals surface area contributed by atoms with E-state index in [0.717, 1.165) is 35.7 Å². The standard InChI is InChI=1S/C13H17N3O/c1-17-10-4-5-11-12(7-10)16-13(15-11)9-3-2-6-14-8-9/h4-5,7,9,14H,2-3,6,8H2,1H3,(H,15,16)/t9-/m0/s1. The Morgan fingerprint density at radius 2 is 2.35 bits per heavy atom. The molecule has 2 aromatic rings. The van der Waals surface area contributed by atoms with Gasteiger partial charge < -0.3 is 15.0 Å². The molecule has 1 fully saturated rings. The average molecular weight is 231 g/mol. The van der Waals surface area contributed by atoms with E-state index in [0.29, 0.717) is 5.92 Å². The van der Waals surface area contributed by atoms with E-state index < -0.39 is 0 Å². The second kappa shape index (κ2) is 4.37. The molecule has 1 atom stereocenters. The second-order valence-corrected chi connectivity index (χ2v) is 4.55.